The minimum absolute atomic E-state index is 0.872. The first-order chi connectivity index (χ1) is 27.3. The van der Waals surface area contributed by atoms with Crippen LogP contribution in [0.15, 0.2) is 211 Å². The number of anilines is 3. The third-order valence-corrected chi connectivity index (χ3v) is 11.0. The number of para-hydroxylation sites is 3. The van der Waals surface area contributed by atoms with Gasteiger partial charge in [-0.3, -0.25) is 0 Å². The van der Waals surface area contributed by atoms with Gasteiger partial charge in [-0.05, 0) is 99.8 Å². The number of hydrogen-bond acceptors (Lipinski definition) is 2. The largest absolute Gasteiger partial charge is 0.454 e. The summed E-state index contributed by atoms with van der Waals surface area (Å²) in [7, 11) is 0. The van der Waals surface area contributed by atoms with Crippen LogP contribution in [0.4, 0.5) is 17.1 Å². The number of aromatic nitrogens is 1. The van der Waals surface area contributed by atoms with Crippen LogP contribution in [0.2, 0.25) is 0 Å². The Balaban J connectivity index is 1.07. The van der Waals surface area contributed by atoms with E-state index >= 15 is 0 Å². The fourth-order valence-electron chi connectivity index (χ4n) is 8.39. The van der Waals surface area contributed by atoms with Crippen LogP contribution in [0.1, 0.15) is 0 Å². The highest BCUT2D eigenvalue weighted by molar-refractivity contribution is 6.23. The van der Waals surface area contributed by atoms with Crippen LogP contribution in [0.25, 0.3) is 82.5 Å². The summed E-state index contributed by atoms with van der Waals surface area (Å²) in [6.07, 6.45) is 0. The Morgan fingerprint density at radius 1 is 0.382 bits per heavy atom. The van der Waals surface area contributed by atoms with Crippen LogP contribution in [-0.2, 0) is 0 Å². The molecule has 0 N–H and O–H groups in total. The molecule has 2 aromatic heterocycles. The number of nitrogens with zero attached hydrogens (tertiary/aromatic N) is 2. The van der Waals surface area contributed by atoms with Gasteiger partial charge in [0, 0.05) is 38.6 Å². The summed E-state index contributed by atoms with van der Waals surface area (Å²) in [6, 6.07) is 73.8. The maximum atomic E-state index is 6.77. The first-order valence-corrected chi connectivity index (χ1v) is 18.8. The van der Waals surface area contributed by atoms with Crippen LogP contribution >= 0.6 is 0 Å². The molecule has 0 bridgehead atoms. The van der Waals surface area contributed by atoms with Crippen LogP contribution in [0.3, 0.4) is 0 Å². The minimum Gasteiger partial charge on any atom is -0.454 e. The Bertz CT molecular complexity index is 3180. The topological polar surface area (TPSA) is 21.3 Å². The molecule has 11 rings (SSSR count). The fraction of sp³-hybridized carbons (Fsp3) is 0. The monoisotopic (exact) mass is 702 g/mol. The Labute approximate surface area is 318 Å². The quantitative estimate of drug-likeness (QED) is 0.172. The standard InChI is InChI=1S/C52H34N2O/c1-3-13-35(14-4-1)36-23-28-41(29-24-36)53(49-34-39-15-7-8-18-43(39)51-45-20-10-12-22-50(45)55-52(49)51)42-30-25-37(26-31-42)38-27-32-48-46(33-38)44-19-9-11-21-47(44)54(48)40-16-5-2-6-17-40/h1-34H. The molecule has 0 spiro atoms. The number of hydrogen-bond donors (Lipinski definition) is 0. The highest BCUT2D eigenvalue weighted by Crippen LogP contribution is 2.46. The summed E-state index contributed by atoms with van der Waals surface area (Å²) in [5, 5.41) is 7.09. The zero-order valence-corrected chi connectivity index (χ0v) is 29.9. The van der Waals surface area contributed by atoms with Gasteiger partial charge in [0.2, 0.25) is 0 Å². The highest BCUT2D eigenvalue weighted by atomic mass is 16.3. The van der Waals surface area contributed by atoms with Gasteiger partial charge in [-0.1, -0.05) is 140 Å². The molecule has 0 saturated heterocycles. The molecule has 11 aromatic rings. The molecule has 9 aromatic carbocycles. The second-order valence-electron chi connectivity index (χ2n) is 14.1. The molecule has 0 aliphatic carbocycles. The lowest BCUT2D eigenvalue weighted by Crippen LogP contribution is -2.10. The molecule has 2 heterocycles. The molecule has 3 heteroatoms. The average Bonchev–Trinajstić information content (AvgIpc) is 3.81. The van der Waals surface area contributed by atoms with Gasteiger partial charge in [-0.2, -0.15) is 0 Å². The van der Waals surface area contributed by atoms with Crippen LogP contribution in [-0.4, -0.2) is 4.57 Å². The average molecular weight is 703 g/mol. The van der Waals surface area contributed by atoms with E-state index in [1.807, 2.05) is 6.07 Å². The molecular weight excluding hydrogens is 669 g/mol. The van der Waals surface area contributed by atoms with E-state index in [-0.39, 0.29) is 0 Å². The molecule has 0 saturated carbocycles. The SMILES string of the molecule is c1ccc(-c2ccc(N(c3ccc(-c4ccc5c(c4)c4ccccc4n5-c4ccccc4)cc3)c3cc4ccccc4c4c3oc3ccccc34)cc2)cc1. The van der Waals surface area contributed by atoms with Gasteiger partial charge in [0.1, 0.15) is 5.58 Å². The second kappa shape index (κ2) is 12.6. The van der Waals surface area contributed by atoms with Crippen molar-refractivity contribution >= 4 is 71.6 Å². The Morgan fingerprint density at radius 2 is 0.927 bits per heavy atom. The molecule has 0 amide bonds. The second-order valence-corrected chi connectivity index (χ2v) is 14.1. The Hall–Kier alpha value is -7.36. The van der Waals surface area contributed by atoms with E-state index in [9.17, 15) is 0 Å². The zero-order chi connectivity index (χ0) is 36.3. The lowest BCUT2D eigenvalue weighted by Gasteiger charge is -2.26. The van der Waals surface area contributed by atoms with E-state index in [1.165, 1.54) is 49.3 Å². The Morgan fingerprint density at radius 3 is 1.67 bits per heavy atom. The van der Waals surface area contributed by atoms with Crippen molar-refractivity contribution in [3.05, 3.63) is 206 Å². The van der Waals surface area contributed by atoms with Crippen molar-refractivity contribution in [3.63, 3.8) is 0 Å². The van der Waals surface area contributed by atoms with Gasteiger partial charge in [0.15, 0.2) is 5.58 Å². The minimum atomic E-state index is 0.872. The van der Waals surface area contributed by atoms with E-state index in [1.54, 1.807) is 0 Å². The van der Waals surface area contributed by atoms with E-state index in [2.05, 4.69) is 210 Å². The highest BCUT2D eigenvalue weighted by Gasteiger charge is 2.22. The van der Waals surface area contributed by atoms with Crippen molar-refractivity contribution in [1.82, 2.24) is 4.57 Å². The fourth-order valence-corrected chi connectivity index (χ4v) is 8.39. The van der Waals surface area contributed by atoms with E-state index in [0.29, 0.717) is 0 Å². The number of rotatable bonds is 6. The maximum absolute atomic E-state index is 6.77. The van der Waals surface area contributed by atoms with E-state index in [0.717, 1.165) is 50.3 Å². The van der Waals surface area contributed by atoms with Crippen molar-refractivity contribution in [2.45, 2.75) is 0 Å². The normalized spacial score (nSPS) is 11.6. The maximum Gasteiger partial charge on any atom is 0.160 e. The van der Waals surface area contributed by atoms with Crippen molar-refractivity contribution in [2.75, 3.05) is 4.90 Å². The van der Waals surface area contributed by atoms with Crippen molar-refractivity contribution in [2.24, 2.45) is 0 Å². The number of furan rings is 1. The van der Waals surface area contributed by atoms with E-state index in [4.69, 9.17) is 4.42 Å². The molecule has 0 radical (unpaired) electrons. The Kier molecular flexibility index (Phi) is 7.17. The molecule has 0 aliphatic rings. The third-order valence-electron chi connectivity index (χ3n) is 11.0. The third kappa shape index (κ3) is 5.13. The smallest absolute Gasteiger partial charge is 0.160 e. The van der Waals surface area contributed by atoms with Gasteiger partial charge in [0.25, 0.3) is 0 Å². The van der Waals surface area contributed by atoms with Gasteiger partial charge < -0.3 is 13.9 Å². The van der Waals surface area contributed by atoms with Crippen LogP contribution in [0.5, 0.6) is 0 Å². The lowest BCUT2D eigenvalue weighted by molar-refractivity contribution is 0.669. The van der Waals surface area contributed by atoms with Gasteiger partial charge in [0.05, 0.1) is 16.7 Å². The summed E-state index contributed by atoms with van der Waals surface area (Å²) in [6.45, 7) is 0. The molecule has 0 aliphatic heterocycles. The summed E-state index contributed by atoms with van der Waals surface area (Å²) < 4.78 is 9.13. The van der Waals surface area contributed by atoms with Crippen molar-refractivity contribution in [3.8, 4) is 27.9 Å². The summed E-state index contributed by atoms with van der Waals surface area (Å²) in [5.74, 6) is 0. The zero-order valence-electron chi connectivity index (χ0n) is 29.9. The first-order valence-electron chi connectivity index (χ1n) is 18.8. The molecular formula is C52H34N2O. The van der Waals surface area contributed by atoms with Crippen molar-refractivity contribution < 1.29 is 4.42 Å². The van der Waals surface area contributed by atoms with Gasteiger partial charge in [-0.25, -0.2) is 0 Å². The molecule has 55 heavy (non-hydrogen) atoms. The molecule has 0 unspecified atom stereocenters. The molecule has 258 valence electrons. The number of benzene rings is 9. The van der Waals surface area contributed by atoms with Gasteiger partial charge >= 0.3 is 0 Å². The lowest BCUT2D eigenvalue weighted by atomic mass is 10.00. The number of fused-ring (bicyclic) bond motifs is 8. The molecule has 0 fully saturated rings. The van der Waals surface area contributed by atoms with Crippen molar-refractivity contribution in [1.29, 1.82) is 0 Å². The predicted octanol–water partition coefficient (Wildman–Crippen LogP) is 14.6. The molecule has 3 nitrogen and oxygen atoms in total. The molecule has 0 atom stereocenters. The first kappa shape index (κ1) is 31.2. The van der Waals surface area contributed by atoms with Gasteiger partial charge in [-0.15, -0.1) is 0 Å². The predicted molar refractivity (Wildman–Crippen MR) is 231 cm³/mol. The van der Waals surface area contributed by atoms with Crippen LogP contribution < -0.4 is 4.90 Å². The summed E-state index contributed by atoms with van der Waals surface area (Å²) in [5.41, 5.74) is 13.1. The summed E-state index contributed by atoms with van der Waals surface area (Å²) >= 11 is 0. The summed E-state index contributed by atoms with van der Waals surface area (Å²) in [4.78, 5) is 2.34. The van der Waals surface area contributed by atoms with Crippen LogP contribution in [0, 0.1) is 0 Å². The van der Waals surface area contributed by atoms with E-state index < -0.39 is 0 Å².